The maximum absolute atomic E-state index is 13.1. The Morgan fingerprint density at radius 2 is 1.88 bits per heavy atom. The second-order valence-corrected chi connectivity index (χ2v) is 10.2. The monoisotopic (exact) mass is 387 g/mol. The van der Waals surface area contributed by atoms with Crippen molar-refractivity contribution >= 4 is 20.0 Å². The van der Waals surface area contributed by atoms with Gasteiger partial charge in [-0.15, -0.1) is 0 Å². The Labute approximate surface area is 149 Å². The predicted octanol–water partition coefficient (Wildman–Crippen LogP) is 0.890. The Kier molecular flexibility index (Phi) is 5.50. The van der Waals surface area contributed by atoms with Crippen molar-refractivity contribution in [2.45, 2.75) is 54.5 Å². The van der Waals surface area contributed by atoms with Crippen LogP contribution in [0.1, 0.15) is 32.6 Å². The van der Waals surface area contributed by atoms with Crippen LogP contribution in [0.4, 0.5) is 0 Å². The summed E-state index contributed by atoms with van der Waals surface area (Å²) in [4.78, 5) is 0.0352. The van der Waals surface area contributed by atoms with Crippen LogP contribution < -0.4 is 10.0 Å². The summed E-state index contributed by atoms with van der Waals surface area (Å²) in [6.45, 7) is 3.78. The lowest BCUT2D eigenvalue weighted by molar-refractivity contribution is 0.335. The quantitative estimate of drug-likeness (QED) is 0.691. The average Bonchev–Trinajstić information content (AvgIpc) is 3.22. The van der Waals surface area contributed by atoms with E-state index in [0.717, 1.165) is 25.8 Å². The lowest BCUT2D eigenvalue weighted by Gasteiger charge is -2.27. The van der Waals surface area contributed by atoms with Gasteiger partial charge in [0.2, 0.25) is 20.0 Å². The van der Waals surface area contributed by atoms with E-state index in [4.69, 9.17) is 0 Å². The maximum Gasteiger partial charge on any atom is 0.243 e. The van der Waals surface area contributed by atoms with Crippen LogP contribution in [0.3, 0.4) is 0 Å². The summed E-state index contributed by atoms with van der Waals surface area (Å²) in [6, 6.07) is 5.55. The molecule has 25 heavy (non-hydrogen) atoms. The van der Waals surface area contributed by atoms with Crippen LogP contribution in [-0.4, -0.2) is 52.9 Å². The van der Waals surface area contributed by atoms with E-state index in [1.807, 2.05) is 6.92 Å². The van der Waals surface area contributed by atoms with E-state index in [1.165, 1.54) is 28.6 Å². The molecule has 1 aliphatic carbocycles. The third-order valence-electron chi connectivity index (χ3n) is 4.51. The van der Waals surface area contributed by atoms with Crippen LogP contribution in [0.2, 0.25) is 0 Å². The SMILES string of the molecule is CCCN(C1CCNC1)S(=O)(=O)c1cccc(S(=O)(=O)NC2CC2)c1. The van der Waals surface area contributed by atoms with Gasteiger partial charge in [0.05, 0.1) is 9.79 Å². The van der Waals surface area contributed by atoms with Gasteiger partial charge >= 0.3 is 0 Å². The molecular formula is C16H25N3O4S2. The van der Waals surface area contributed by atoms with Crippen molar-refractivity contribution in [1.82, 2.24) is 14.3 Å². The second-order valence-electron chi connectivity index (χ2n) is 6.63. The molecule has 9 heteroatoms. The third-order valence-corrected chi connectivity index (χ3v) is 7.97. The molecule has 1 aromatic carbocycles. The molecule has 0 aromatic heterocycles. The zero-order valence-electron chi connectivity index (χ0n) is 14.3. The molecular weight excluding hydrogens is 362 g/mol. The topological polar surface area (TPSA) is 95.6 Å². The van der Waals surface area contributed by atoms with Gasteiger partial charge in [-0.3, -0.25) is 0 Å². The minimum Gasteiger partial charge on any atom is -0.315 e. The number of rotatable bonds is 8. The number of hydrogen-bond donors (Lipinski definition) is 2. The zero-order valence-corrected chi connectivity index (χ0v) is 15.9. The third kappa shape index (κ3) is 4.22. The number of hydrogen-bond acceptors (Lipinski definition) is 5. The van der Waals surface area contributed by atoms with Gasteiger partial charge in [-0.05, 0) is 50.4 Å². The Balaban J connectivity index is 1.91. The standard InChI is InChI=1S/C16H25N3O4S2/c1-2-10-19(14-8-9-17-12-14)25(22,23)16-5-3-4-15(11-16)24(20,21)18-13-6-7-13/h3-5,11,13-14,17-18H,2,6-10,12H2,1H3. The summed E-state index contributed by atoms with van der Waals surface area (Å²) in [5.74, 6) is 0. The van der Waals surface area contributed by atoms with Crippen LogP contribution in [0.25, 0.3) is 0 Å². The fourth-order valence-corrected chi connectivity index (χ4v) is 6.25. The first kappa shape index (κ1) is 18.8. The van der Waals surface area contributed by atoms with E-state index < -0.39 is 20.0 Å². The lowest BCUT2D eigenvalue weighted by atomic mass is 10.2. The molecule has 2 N–H and O–H groups in total. The fourth-order valence-electron chi connectivity index (χ4n) is 3.03. The van der Waals surface area contributed by atoms with Crippen molar-refractivity contribution < 1.29 is 16.8 Å². The molecule has 1 heterocycles. The predicted molar refractivity (Wildman–Crippen MR) is 95.2 cm³/mol. The Morgan fingerprint density at radius 3 is 2.48 bits per heavy atom. The fraction of sp³-hybridized carbons (Fsp3) is 0.625. The van der Waals surface area contributed by atoms with Crippen molar-refractivity contribution in [2.24, 2.45) is 0 Å². The van der Waals surface area contributed by atoms with Gasteiger partial charge in [0.25, 0.3) is 0 Å². The van der Waals surface area contributed by atoms with Gasteiger partial charge in [-0.2, -0.15) is 4.31 Å². The van der Waals surface area contributed by atoms with Gasteiger partial charge in [0.1, 0.15) is 0 Å². The molecule has 1 atom stereocenters. The van der Waals surface area contributed by atoms with Crippen molar-refractivity contribution in [2.75, 3.05) is 19.6 Å². The van der Waals surface area contributed by atoms with E-state index in [-0.39, 0.29) is 21.9 Å². The molecule has 0 amide bonds. The van der Waals surface area contributed by atoms with Gasteiger partial charge in [0.15, 0.2) is 0 Å². The first-order chi connectivity index (χ1) is 11.8. The normalized spacial score (nSPS) is 21.8. The molecule has 0 radical (unpaired) electrons. The highest BCUT2D eigenvalue weighted by molar-refractivity contribution is 7.90. The van der Waals surface area contributed by atoms with Crippen molar-refractivity contribution in [3.63, 3.8) is 0 Å². The molecule has 1 saturated carbocycles. The van der Waals surface area contributed by atoms with Crippen LogP contribution in [-0.2, 0) is 20.0 Å². The molecule has 2 aliphatic rings. The van der Waals surface area contributed by atoms with Gasteiger partial charge < -0.3 is 5.32 Å². The molecule has 7 nitrogen and oxygen atoms in total. The second kappa shape index (κ2) is 7.32. The molecule has 1 aromatic rings. The van der Waals surface area contributed by atoms with Crippen molar-refractivity contribution in [1.29, 1.82) is 0 Å². The minimum absolute atomic E-state index is 0.00136. The summed E-state index contributed by atoms with van der Waals surface area (Å²) in [5.41, 5.74) is 0. The van der Waals surface area contributed by atoms with Gasteiger partial charge in [-0.25, -0.2) is 21.6 Å². The number of sulfonamides is 2. The largest absolute Gasteiger partial charge is 0.315 e. The van der Waals surface area contributed by atoms with Crippen molar-refractivity contribution in [3.8, 4) is 0 Å². The van der Waals surface area contributed by atoms with E-state index >= 15 is 0 Å². The van der Waals surface area contributed by atoms with E-state index in [1.54, 1.807) is 0 Å². The average molecular weight is 388 g/mol. The van der Waals surface area contributed by atoms with Crippen LogP contribution >= 0.6 is 0 Å². The van der Waals surface area contributed by atoms with Crippen LogP contribution in [0.5, 0.6) is 0 Å². The highest BCUT2D eigenvalue weighted by Gasteiger charge is 2.34. The molecule has 1 aliphatic heterocycles. The summed E-state index contributed by atoms with van der Waals surface area (Å²) in [7, 11) is -7.42. The Morgan fingerprint density at radius 1 is 1.16 bits per heavy atom. The summed E-state index contributed by atoms with van der Waals surface area (Å²) >= 11 is 0. The molecule has 0 bridgehead atoms. The first-order valence-corrected chi connectivity index (χ1v) is 11.6. The van der Waals surface area contributed by atoms with E-state index in [9.17, 15) is 16.8 Å². The van der Waals surface area contributed by atoms with Gasteiger partial charge in [-0.1, -0.05) is 13.0 Å². The Bertz CT molecular complexity index is 814. The molecule has 1 saturated heterocycles. The molecule has 3 rings (SSSR count). The Hall–Kier alpha value is -1.00. The smallest absolute Gasteiger partial charge is 0.243 e. The zero-order chi connectivity index (χ0) is 18.1. The maximum atomic E-state index is 13.1. The highest BCUT2D eigenvalue weighted by Crippen LogP contribution is 2.26. The lowest BCUT2D eigenvalue weighted by Crippen LogP contribution is -2.42. The number of nitrogens with one attached hydrogen (secondary N) is 2. The molecule has 1 unspecified atom stereocenters. The summed E-state index contributed by atoms with van der Waals surface area (Å²) < 4.78 is 55.1. The van der Waals surface area contributed by atoms with E-state index in [2.05, 4.69) is 10.0 Å². The highest BCUT2D eigenvalue weighted by atomic mass is 32.2. The molecule has 140 valence electrons. The molecule has 0 spiro atoms. The van der Waals surface area contributed by atoms with Crippen LogP contribution in [0, 0.1) is 0 Å². The van der Waals surface area contributed by atoms with E-state index in [0.29, 0.717) is 19.5 Å². The summed E-state index contributed by atoms with van der Waals surface area (Å²) in [6.07, 6.45) is 3.13. The minimum atomic E-state index is -3.74. The summed E-state index contributed by atoms with van der Waals surface area (Å²) in [5, 5.41) is 3.19. The number of nitrogens with zero attached hydrogens (tertiary/aromatic N) is 1. The first-order valence-electron chi connectivity index (χ1n) is 8.69. The number of benzene rings is 1. The van der Waals surface area contributed by atoms with Gasteiger partial charge in [0, 0.05) is 25.2 Å². The van der Waals surface area contributed by atoms with Crippen LogP contribution in [0.15, 0.2) is 34.1 Å². The van der Waals surface area contributed by atoms with Crippen molar-refractivity contribution in [3.05, 3.63) is 24.3 Å². The molecule has 2 fully saturated rings.